The first kappa shape index (κ1) is 12.6. The maximum atomic E-state index is 3.65. The van der Waals surface area contributed by atoms with E-state index in [9.17, 15) is 0 Å². The second kappa shape index (κ2) is 5.19. The molecule has 0 bridgehead atoms. The fourth-order valence-corrected chi connectivity index (χ4v) is 4.06. The van der Waals surface area contributed by atoms with Gasteiger partial charge in [0.15, 0.2) is 0 Å². The summed E-state index contributed by atoms with van der Waals surface area (Å²) in [5.74, 6) is 1.72. The van der Waals surface area contributed by atoms with E-state index in [4.69, 9.17) is 0 Å². The predicted octanol–water partition coefficient (Wildman–Crippen LogP) is 4.52. The molecule has 0 aromatic carbocycles. The largest absolute Gasteiger partial charge is 0.309 e. The second-order valence-electron chi connectivity index (χ2n) is 4.84. The van der Waals surface area contributed by atoms with Crippen molar-refractivity contribution in [2.24, 2.45) is 11.8 Å². The topological polar surface area (TPSA) is 12.0 Å². The summed E-state index contributed by atoms with van der Waals surface area (Å²) >= 11 is 5.52. The van der Waals surface area contributed by atoms with E-state index in [1.165, 1.54) is 27.1 Å². The monoisotopic (exact) mass is 301 g/mol. The second-order valence-corrected chi connectivity index (χ2v) is 7.24. The highest BCUT2D eigenvalue weighted by molar-refractivity contribution is 9.11. The summed E-state index contributed by atoms with van der Waals surface area (Å²) in [6.07, 6.45) is 2.85. The molecular formula is C13H20BrNS. The van der Waals surface area contributed by atoms with Crippen LogP contribution in [0.3, 0.4) is 0 Å². The number of rotatable bonds is 5. The van der Waals surface area contributed by atoms with Gasteiger partial charge >= 0.3 is 0 Å². The zero-order valence-corrected chi connectivity index (χ0v) is 12.6. The molecule has 0 saturated heterocycles. The zero-order valence-electron chi connectivity index (χ0n) is 10.2. The Hall–Kier alpha value is 0.140. The summed E-state index contributed by atoms with van der Waals surface area (Å²) in [5.41, 5.74) is 1.37. The molecule has 1 N–H and O–H groups in total. The van der Waals surface area contributed by atoms with Gasteiger partial charge in [-0.05, 0) is 65.7 Å². The summed E-state index contributed by atoms with van der Waals surface area (Å²) in [7, 11) is 0. The molecular weight excluding hydrogens is 282 g/mol. The molecule has 1 aliphatic carbocycles. The van der Waals surface area contributed by atoms with Gasteiger partial charge in [0.25, 0.3) is 0 Å². The van der Waals surface area contributed by atoms with Crippen molar-refractivity contribution in [3.63, 3.8) is 0 Å². The van der Waals surface area contributed by atoms with E-state index >= 15 is 0 Å². The molecule has 0 aliphatic heterocycles. The van der Waals surface area contributed by atoms with Crippen molar-refractivity contribution >= 4 is 27.3 Å². The number of aryl methyl sites for hydroxylation is 1. The van der Waals surface area contributed by atoms with Gasteiger partial charge in [-0.1, -0.05) is 13.8 Å². The van der Waals surface area contributed by atoms with Crippen molar-refractivity contribution in [3.8, 4) is 0 Å². The van der Waals surface area contributed by atoms with E-state index < -0.39 is 0 Å². The highest BCUT2D eigenvalue weighted by Crippen LogP contribution is 2.44. The van der Waals surface area contributed by atoms with Gasteiger partial charge < -0.3 is 5.32 Å². The van der Waals surface area contributed by atoms with Crippen LogP contribution in [0.2, 0.25) is 0 Å². The van der Waals surface area contributed by atoms with E-state index in [1.807, 2.05) is 11.3 Å². The Bertz CT molecular complexity index is 337. The maximum Gasteiger partial charge on any atom is 0.0731 e. The van der Waals surface area contributed by atoms with E-state index in [1.54, 1.807) is 0 Å². The van der Waals surface area contributed by atoms with E-state index in [-0.39, 0.29) is 0 Å². The summed E-state index contributed by atoms with van der Waals surface area (Å²) in [6.45, 7) is 7.82. The fraction of sp³-hybridized carbons (Fsp3) is 0.692. The van der Waals surface area contributed by atoms with Crippen LogP contribution < -0.4 is 5.32 Å². The highest BCUT2D eigenvalue weighted by Gasteiger charge is 2.34. The molecule has 2 atom stereocenters. The standard InChI is InChI=1S/C13H20BrNS/c1-4-15-12(9(3)10-5-6-10)11-7-8(2)13(14)16-11/h7,9-10,12,15H,4-6H2,1-3H3. The number of nitrogens with one attached hydrogen (secondary N) is 1. The SMILES string of the molecule is CCNC(c1cc(C)c(Br)s1)C(C)C1CC1. The minimum atomic E-state index is 0.549. The molecule has 0 amide bonds. The Morgan fingerprint density at radius 3 is 2.69 bits per heavy atom. The molecule has 2 unspecified atom stereocenters. The molecule has 2 rings (SSSR count). The number of thiophene rings is 1. The van der Waals surface area contributed by atoms with Crippen LogP contribution in [0.5, 0.6) is 0 Å². The van der Waals surface area contributed by atoms with Crippen LogP contribution in [0, 0.1) is 18.8 Å². The van der Waals surface area contributed by atoms with Gasteiger partial charge in [-0.2, -0.15) is 0 Å². The van der Waals surface area contributed by atoms with Crippen LogP contribution in [-0.2, 0) is 0 Å². The van der Waals surface area contributed by atoms with Crippen molar-refractivity contribution in [1.29, 1.82) is 0 Å². The molecule has 16 heavy (non-hydrogen) atoms. The van der Waals surface area contributed by atoms with Gasteiger partial charge in [0.2, 0.25) is 0 Å². The molecule has 3 heteroatoms. The molecule has 0 radical (unpaired) electrons. The first-order valence-corrected chi connectivity index (χ1v) is 7.73. The third-order valence-corrected chi connectivity index (χ3v) is 5.72. The maximum absolute atomic E-state index is 3.65. The van der Waals surface area contributed by atoms with Gasteiger partial charge in [-0.15, -0.1) is 11.3 Å². The normalized spacial score (nSPS) is 19.8. The Balaban J connectivity index is 2.17. The average molecular weight is 302 g/mol. The van der Waals surface area contributed by atoms with E-state index in [2.05, 4.69) is 48.1 Å². The van der Waals surface area contributed by atoms with Gasteiger partial charge in [0.05, 0.1) is 3.79 Å². The molecule has 1 nitrogen and oxygen atoms in total. The lowest BCUT2D eigenvalue weighted by Crippen LogP contribution is -2.27. The van der Waals surface area contributed by atoms with Crippen LogP contribution in [0.4, 0.5) is 0 Å². The van der Waals surface area contributed by atoms with Crippen LogP contribution >= 0.6 is 27.3 Å². The molecule has 1 aromatic rings. The molecule has 1 heterocycles. The zero-order chi connectivity index (χ0) is 11.7. The summed E-state index contributed by atoms with van der Waals surface area (Å²) in [6, 6.07) is 2.88. The van der Waals surface area contributed by atoms with Crippen LogP contribution in [-0.4, -0.2) is 6.54 Å². The van der Waals surface area contributed by atoms with Gasteiger partial charge in [-0.25, -0.2) is 0 Å². The first-order valence-electron chi connectivity index (χ1n) is 6.12. The predicted molar refractivity (Wildman–Crippen MR) is 75.1 cm³/mol. The summed E-state index contributed by atoms with van der Waals surface area (Å²) in [5, 5.41) is 3.65. The smallest absolute Gasteiger partial charge is 0.0731 e. The highest BCUT2D eigenvalue weighted by atomic mass is 79.9. The summed E-state index contributed by atoms with van der Waals surface area (Å²) in [4.78, 5) is 1.49. The summed E-state index contributed by atoms with van der Waals surface area (Å²) < 4.78 is 1.29. The van der Waals surface area contributed by atoms with Crippen LogP contribution in [0.15, 0.2) is 9.85 Å². The number of halogens is 1. The third-order valence-electron chi connectivity index (χ3n) is 3.50. The van der Waals surface area contributed by atoms with Crippen molar-refractivity contribution < 1.29 is 0 Å². The lowest BCUT2D eigenvalue weighted by atomic mass is 9.95. The van der Waals surface area contributed by atoms with Gasteiger partial charge in [-0.3, -0.25) is 0 Å². The van der Waals surface area contributed by atoms with E-state index in [0.717, 1.165) is 18.4 Å². The van der Waals surface area contributed by atoms with Crippen molar-refractivity contribution in [2.45, 2.75) is 39.7 Å². The van der Waals surface area contributed by atoms with E-state index in [0.29, 0.717) is 6.04 Å². The minimum Gasteiger partial charge on any atom is -0.309 e. The Labute approximate surface area is 111 Å². The molecule has 1 aromatic heterocycles. The first-order chi connectivity index (χ1) is 7.63. The Kier molecular flexibility index (Phi) is 4.09. The lowest BCUT2D eigenvalue weighted by molar-refractivity contribution is 0.360. The van der Waals surface area contributed by atoms with Crippen molar-refractivity contribution in [1.82, 2.24) is 5.32 Å². The lowest BCUT2D eigenvalue weighted by Gasteiger charge is -2.23. The Morgan fingerprint density at radius 1 is 1.56 bits per heavy atom. The van der Waals surface area contributed by atoms with Gasteiger partial charge in [0.1, 0.15) is 0 Å². The van der Waals surface area contributed by atoms with Crippen LogP contribution in [0.1, 0.15) is 43.2 Å². The quantitative estimate of drug-likeness (QED) is 0.843. The fourth-order valence-electron chi connectivity index (χ4n) is 2.30. The third kappa shape index (κ3) is 2.69. The molecule has 90 valence electrons. The van der Waals surface area contributed by atoms with Gasteiger partial charge in [0, 0.05) is 10.9 Å². The van der Waals surface area contributed by atoms with Crippen molar-refractivity contribution in [2.75, 3.05) is 6.54 Å². The average Bonchev–Trinajstić information content (AvgIpc) is 3.03. The Morgan fingerprint density at radius 2 is 2.25 bits per heavy atom. The molecule has 1 fully saturated rings. The number of hydrogen-bond acceptors (Lipinski definition) is 2. The minimum absolute atomic E-state index is 0.549. The molecule has 0 spiro atoms. The van der Waals surface area contributed by atoms with Crippen LogP contribution in [0.25, 0.3) is 0 Å². The van der Waals surface area contributed by atoms with Crippen molar-refractivity contribution in [3.05, 3.63) is 20.3 Å². The number of hydrogen-bond donors (Lipinski definition) is 1. The molecule has 1 aliphatic rings. The molecule has 1 saturated carbocycles.